The molecule has 0 aromatic rings. The predicted octanol–water partition coefficient (Wildman–Crippen LogP) is 1.34. The molecule has 1 aliphatic rings. The van der Waals surface area contributed by atoms with E-state index < -0.39 is 0 Å². The molecule has 82 valence electrons. The molecule has 2 N–H and O–H groups in total. The fraction of sp³-hybridized carbons (Fsp3) is 0.900. The van der Waals surface area contributed by atoms with Crippen molar-refractivity contribution in [3.8, 4) is 0 Å². The fourth-order valence-electron chi connectivity index (χ4n) is 1.43. The van der Waals surface area contributed by atoms with E-state index in [9.17, 15) is 4.79 Å². The third-order valence-corrected chi connectivity index (χ3v) is 3.21. The zero-order chi connectivity index (χ0) is 10.8. The van der Waals surface area contributed by atoms with Gasteiger partial charge < -0.3 is 10.6 Å². The van der Waals surface area contributed by atoms with Gasteiger partial charge in [0.15, 0.2) is 0 Å². The van der Waals surface area contributed by atoms with Crippen molar-refractivity contribution < 1.29 is 4.79 Å². The summed E-state index contributed by atoms with van der Waals surface area (Å²) < 4.78 is 0. The van der Waals surface area contributed by atoms with Gasteiger partial charge in [0.1, 0.15) is 0 Å². The lowest BCUT2D eigenvalue weighted by molar-refractivity contribution is -0.122. The van der Waals surface area contributed by atoms with Crippen LogP contribution < -0.4 is 10.6 Å². The first-order chi connectivity index (χ1) is 6.37. The summed E-state index contributed by atoms with van der Waals surface area (Å²) in [6, 6.07) is 0. The first-order valence-corrected chi connectivity index (χ1v) is 6.01. The molecular formula is C10H20N2OS. The highest BCUT2D eigenvalue weighted by Gasteiger charge is 2.24. The quantitative estimate of drug-likeness (QED) is 0.732. The zero-order valence-corrected chi connectivity index (χ0v) is 10.2. The van der Waals surface area contributed by atoms with Gasteiger partial charge in [-0.25, -0.2) is 0 Å². The Balaban J connectivity index is 2.27. The SMILES string of the molecule is CC1CNC(CC(=O)NC(C)(C)C)S1. The lowest BCUT2D eigenvalue weighted by atomic mass is 10.1. The van der Waals surface area contributed by atoms with Crippen molar-refractivity contribution in [1.82, 2.24) is 10.6 Å². The van der Waals surface area contributed by atoms with Gasteiger partial charge >= 0.3 is 0 Å². The van der Waals surface area contributed by atoms with Gasteiger partial charge in [-0.05, 0) is 20.8 Å². The van der Waals surface area contributed by atoms with Crippen molar-refractivity contribution in [3.05, 3.63) is 0 Å². The van der Waals surface area contributed by atoms with Gasteiger partial charge in [0.05, 0.1) is 11.8 Å². The highest BCUT2D eigenvalue weighted by Crippen LogP contribution is 2.23. The topological polar surface area (TPSA) is 41.1 Å². The van der Waals surface area contributed by atoms with Crippen LogP contribution >= 0.6 is 11.8 Å². The van der Waals surface area contributed by atoms with Crippen LogP contribution in [0, 0.1) is 0 Å². The van der Waals surface area contributed by atoms with Crippen LogP contribution in [0.5, 0.6) is 0 Å². The van der Waals surface area contributed by atoms with E-state index in [1.165, 1.54) is 0 Å². The Morgan fingerprint density at radius 2 is 2.21 bits per heavy atom. The van der Waals surface area contributed by atoms with E-state index in [2.05, 4.69) is 17.6 Å². The van der Waals surface area contributed by atoms with Gasteiger partial charge in [0, 0.05) is 17.3 Å². The van der Waals surface area contributed by atoms with E-state index in [0.29, 0.717) is 17.0 Å². The van der Waals surface area contributed by atoms with Crippen molar-refractivity contribution >= 4 is 17.7 Å². The van der Waals surface area contributed by atoms with Crippen LogP contribution in [0.3, 0.4) is 0 Å². The number of carbonyl (C=O) groups is 1. The molecule has 1 fully saturated rings. The average molecular weight is 216 g/mol. The summed E-state index contributed by atoms with van der Waals surface area (Å²) in [5, 5.41) is 7.22. The highest BCUT2D eigenvalue weighted by atomic mass is 32.2. The van der Waals surface area contributed by atoms with Crippen molar-refractivity contribution in [2.24, 2.45) is 0 Å². The molecule has 0 radical (unpaired) electrons. The van der Waals surface area contributed by atoms with Gasteiger partial charge in [-0.2, -0.15) is 0 Å². The summed E-state index contributed by atoms with van der Waals surface area (Å²) in [6.07, 6.45) is 0.576. The van der Waals surface area contributed by atoms with E-state index in [1.54, 1.807) is 0 Å². The van der Waals surface area contributed by atoms with Gasteiger partial charge in [-0.3, -0.25) is 4.79 Å². The molecule has 0 spiro atoms. The standard InChI is InChI=1S/C10H20N2OS/c1-7-6-11-9(14-7)5-8(13)12-10(2,3)4/h7,9,11H,5-6H2,1-4H3,(H,12,13). The first kappa shape index (κ1) is 11.9. The minimum Gasteiger partial charge on any atom is -0.351 e. The third-order valence-electron chi connectivity index (χ3n) is 1.91. The van der Waals surface area contributed by atoms with Crippen LogP contribution in [0.2, 0.25) is 0 Å². The normalized spacial score (nSPS) is 27.7. The lowest BCUT2D eigenvalue weighted by Gasteiger charge is -2.21. The molecule has 1 heterocycles. The van der Waals surface area contributed by atoms with Crippen LogP contribution in [0.4, 0.5) is 0 Å². The molecule has 1 saturated heterocycles. The second kappa shape index (κ2) is 4.53. The average Bonchev–Trinajstić information content (AvgIpc) is 2.30. The zero-order valence-electron chi connectivity index (χ0n) is 9.39. The van der Waals surface area contributed by atoms with Gasteiger partial charge in [0.25, 0.3) is 0 Å². The number of hydrogen-bond donors (Lipinski definition) is 2. The van der Waals surface area contributed by atoms with Crippen LogP contribution in [0.1, 0.15) is 34.1 Å². The van der Waals surface area contributed by atoms with Crippen LogP contribution in [-0.2, 0) is 4.79 Å². The maximum absolute atomic E-state index is 11.6. The predicted molar refractivity (Wildman–Crippen MR) is 61.4 cm³/mol. The van der Waals surface area contributed by atoms with Crippen molar-refractivity contribution in [3.63, 3.8) is 0 Å². The van der Waals surface area contributed by atoms with Crippen molar-refractivity contribution in [2.45, 2.75) is 50.3 Å². The monoisotopic (exact) mass is 216 g/mol. The summed E-state index contributed by atoms with van der Waals surface area (Å²) in [6.45, 7) is 9.20. The van der Waals surface area contributed by atoms with E-state index in [0.717, 1.165) is 6.54 Å². The Morgan fingerprint density at radius 1 is 1.57 bits per heavy atom. The summed E-state index contributed by atoms with van der Waals surface area (Å²) in [5.74, 6) is 0.136. The van der Waals surface area contributed by atoms with E-state index in [-0.39, 0.29) is 11.4 Å². The molecule has 2 atom stereocenters. The van der Waals surface area contributed by atoms with E-state index >= 15 is 0 Å². The number of amides is 1. The van der Waals surface area contributed by atoms with Gasteiger partial charge in [0.2, 0.25) is 5.91 Å². The molecule has 0 saturated carbocycles. The first-order valence-electron chi connectivity index (χ1n) is 5.07. The van der Waals surface area contributed by atoms with Crippen molar-refractivity contribution in [2.75, 3.05) is 6.54 Å². The van der Waals surface area contributed by atoms with Gasteiger partial charge in [-0.15, -0.1) is 11.8 Å². The number of rotatable bonds is 2. The Labute approximate surface area is 90.4 Å². The second-order valence-electron chi connectivity index (χ2n) is 4.85. The number of nitrogens with one attached hydrogen (secondary N) is 2. The molecule has 0 aromatic heterocycles. The summed E-state index contributed by atoms with van der Waals surface area (Å²) in [7, 11) is 0. The molecule has 2 unspecified atom stereocenters. The Kier molecular flexibility index (Phi) is 3.84. The Bertz CT molecular complexity index is 213. The van der Waals surface area contributed by atoms with E-state index in [4.69, 9.17) is 0 Å². The lowest BCUT2D eigenvalue weighted by Crippen LogP contribution is -2.42. The molecule has 4 heteroatoms. The smallest absolute Gasteiger partial charge is 0.222 e. The Morgan fingerprint density at radius 3 is 2.64 bits per heavy atom. The van der Waals surface area contributed by atoms with E-state index in [1.807, 2.05) is 32.5 Å². The maximum Gasteiger partial charge on any atom is 0.222 e. The number of hydrogen-bond acceptors (Lipinski definition) is 3. The molecule has 0 aliphatic carbocycles. The van der Waals surface area contributed by atoms with Gasteiger partial charge in [-0.1, -0.05) is 6.92 Å². The molecule has 14 heavy (non-hydrogen) atoms. The third kappa shape index (κ3) is 4.33. The van der Waals surface area contributed by atoms with Crippen LogP contribution in [0.15, 0.2) is 0 Å². The fourth-order valence-corrected chi connectivity index (χ4v) is 2.63. The summed E-state index contributed by atoms with van der Waals surface area (Å²) in [4.78, 5) is 11.6. The molecule has 0 aromatic carbocycles. The summed E-state index contributed by atoms with van der Waals surface area (Å²) in [5.41, 5.74) is -0.119. The minimum atomic E-state index is -0.119. The number of thioether (sulfide) groups is 1. The second-order valence-corrected chi connectivity index (χ2v) is 6.49. The molecule has 1 rings (SSSR count). The molecule has 3 nitrogen and oxygen atoms in total. The minimum absolute atomic E-state index is 0.119. The van der Waals surface area contributed by atoms with Crippen molar-refractivity contribution in [1.29, 1.82) is 0 Å². The van der Waals surface area contributed by atoms with Crippen LogP contribution in [0.25, 0.3) is 0 Å². The highest BCUT2D eigenvalue weighted by molar-refractivity contribution is 8.00. The number of carbonyl (C=O) groups excluding carboxylic acids is 1. The molecule has 1 aliphatic heterocycles. The molecule has 1 amide bonds. The van der Waals surface area contributed by atoms with Crippen LogP contribution in [-0.4, -0.2) is 28.6 Å². The maximum atomic E-state index is 11.6. The summed E-state index contributed by atoms with van der Waals surface area (Å²) >= 11 is 1.85. The Hall–Kier alpha value is -0.220. The largest absolute Gasteiger partial charge is 0.351 e. The molecule has 0 bridgehead atoms. The molecular weight excluding hydrogens is 196 g/mol.